The van der Waals surface area contributed by atoms with E-state index in [0.717, 1.165) is 18.4 Å². The highest BCUT2D eigenvalue weighted by atomic mass is 35.5. The molecule has 7 nitrogen and oxygen atoms in total. The lowest BCUT2D eigenvalue weighted by Crippen LogP contribution is -2.30. The maximum absolute atomic E-state index is 13.8. The second-order valence-corrected chi connectivity index (χ2v) is 9.36. The Morgan fingerprint density at radius 3 is 2.59 bits per heavy atom. The number of pyridine rings is 1. The van der Waals surface area contributed by atoms with Gasteiger partial charge < -0.3 is 13.9 Å². The summed E-state index contributed by atoms with van der Waals surface area (Å²) in [6.07, 6.45) is 3.40. The van der Waals surface area contributed by atoms with Crippen molar-refractivity contribution >= 4 is 34.3 Å². The number of aryl methyl sites for hydroxylation is 1. The van der Waals surface area contributed by atoms with Crippen molar-refractivity contribution in [3.05, 3.63) is 92.4 Å². The van der Waals surface area contributed by atoms with Crippen LogP contribution in [0.25, 0.3) is 11.0 Å². The SMILES string of the molecule is CCCCOc1ccc(C2c3c(oc4ccc(C)cc4c3=O)C(=O)N2c2ccc(Cl)cn2)cc1OCC. The Balaban J connectivity index is 1.71. The number of hydrogen-bond donors (Lipinski definition) is 0. The van der Waals surface area contributed by atoms with E-state index in [9.17, 15) is 9.59 Å². The van der Waals surface area contributed by atoms with Gasteiger partial charge >= 0.3 is 0 Å². The lowest BCUT2D eigenvalue weighted by atomic mass is 9.97. The van der Waals surface area contributed by atoms with Crippen molar-refractivity contribution in [3.63, 3.8) is 0 Å². The summed E-state index contributed by atoms with van der Waals surface area (Å²) >= 11 is 6.07. The predicted octanol–water partition coefficient (Wildman–Crippen LogP) is 6.48. The van der Waals surface area contributed by atoms with Crippen LogP contribution in [0.15, 0.2) is 63.9 Å². The number of unbranched alkanes of at least 4 members (excludes halogenated alkanes) is 1. The largest absolute Gasteiger partial charge is 0.490 e. The summed E-state index contributed by atoms with van der Waals surface area (Å²) in [4.78, 5) is 33.4. The molecule has 1 aliphatic rings. The Bertz CT molecular complexity index is 1530. The molecule has 0 N–H and O–H groups in total. The quantitative estimate of drug-likeness (QED) is 0.248. The first-order valence-corrected chi connectivity index (χ1v) is 12.7. The van der Waals surface area contributed by atoms with Gasteiger partial charge in [0, 0.05) is 6.20 Å². The van der Waals surface area contributed by atoms with Gasteiger partial charge in [-0.1, -0.05) is 42.6 Å². The fourth-order valence-corrected chi connectivity index (χ4v) is 4.67. The van der Waals surface area contributed by atoms with Gasteiger partial charge in [0.25, 0.3) is 5.91 Å². The van der Waals surface area contributed by atoms with Crippen LogP contribution in [-0.2, 0) is 0 Å². The summed E-state index contributed by atoms with van der Waals surface area (Å²) in [7, 11) is 0. The van der Waals surface area contributed by atoms with Crippen LogP contribution >= 0.6 is 11.6 Å². The van der Waals surface area contributed by atoms with Crippen LogP contribution in [-0.4, -0.2) is 24.1 Å². The van der Waals surface area contributed by atoms with Crippen LogP contribution in [0, 0.1) is 6.92 Å². The molecular weight excluding hydrogens is 492 g/mol. The number of nitrogens with zero attached hydrogens (tertiary/aromatic N) is 2. The molecule has 8 heteroatoms. The molecule has 0 spiro atoms. The molecule has 2 aromatic carbocycles. The first kappa shape index (κ1) is 24.8. The average Bonchev–Trinajstić information content (AvgIpc) is 3.18. The van der Waals surface area contributed by atoms with Crippen molar-refractivity contribution in [2.75, 3.05) is 18.1 Å². The van der Waals surface area contributed by atoms with E-state index in [0.29, 0.717) is 52.1 Å². The third-order valence-corrected chi connectivity index (χ3v) is 6.55. The number of amides is 1. The van der Waals surface area contributed by atoms with Crippen molar-refractivity contribution in [2.24, 2.45) is 0 Å². The summed E-state index contributed by atoms with van der Waals surface area (Å²) in [6.45, 7) is 6.90. The topological polar surface area (TPSA) is 81.9 Å². The highest BCUT2D eigenvalue weighted by Gasteiger charge is 2.44. The molecule has 0 bridgehead atoms. The minimum atomic E-state index is -0.777. The Morgan fingerprint density at radius 1 is 1.03 bits per heavy atom. The van der Waals surface area contributed by atoms with Crippen LogP contribution in [0.3, 0.4) is 0 Å². The molecule has 1 aliphatic heterocycles. The van der Waals surface area contributed by atoms with Gasteiger partial charge in [-0.15, -0.1) is 0 Å². The molecule has 1 amide bonds. The molecule has 5 rings (SSSR count). The molecule has 0 saturated carbocycles. The minimum absolute atomic E-state index is 0.00401. The van der Waals surface area contributed by atoms with E-state index >= 15 is 0 Å². The second-order valence-electron chi connectivity index (χ2n) is 8.93. The molecule has 1 atom stereocenters. The second kappa shape index (κ2) is 10.3. The van der Waals surface area contributed by atoms with E-state index < -0.39 is 11.9 Å². The van der Waals surface area contributed by atoms with Gasteiger partial charge in [-0.05, 0) is 62.2 Å². The van der Waals surface area contributed by atoms with E-state index in [-0.39, 0.29) is 16.8 Å². The maximum atomic E-state index is 13.8. The van der Waals surface area contributed by atoms with Gasteiger partial charge in [0.15, 0.2) is 16.9 Å². The number of benzene rings is 2. The zero-order valence-electron chi connectivity index (χ0n) is 20.9. The predicted molar refractivity (Wildman–Crippen MR) is 143 cm³/mol. The van der Waals surface area contributed by atoms with Crippen molar-refractivity contribution in [2.45, 2.75) is 39.7 Å². The number of carbonyl (C=O) groups is 1. The van der Waals surface area contributed by atoms with Gasteiger partial charge in [0.1, 0.15) is 11.4 Å². The molecular formula is C29H27ClN2O5. The maximum Gasteiger partial charge on any atom is 0.296 e. The summed E-state index contributed by atoms with van der Waals surface area (Å²) in [6, 6.07) is 13.4. The Labute approximate surface area is 219 Å². The molecule has 0 saturated heterocycles. The monoisotopic (exact) mass is 518 g/mol. The molecule has 1 unspecified atom stereocenters. The Morgan fingerprint density at radius 2 is 1.86 bits per heavy atom. The third kappa shape index (κ3) is 4.55. The zero-order chi connectivity index (χ0) is 26.1. The Hall–Kier alpha value is -3.84. The van der Waals surface area contributed by atoms with Gasteiger partial charge in [-0.2, -0.15) is 0 Å². The highest BCUT2D eigenvalue weighted by molar-refractivity contribution is 6.30. The summed E-state index contributed by atoms with van der Waals surface area (Å²) in [5.74, 6) is 1.06. The van der Waals surface area contributed by atoms with E-state index in [1.807, 2.05) is 38.1 Å². The number of hydrogen-bond acceptors (Lipinski definition) is 6. The third-order valence-electron chi connectivity index (χ3n) is 6.32. The Kier molecular flexibility index (Phi) is 6.89. The summed E-state index contributed by atoms with van der Waals surface area (Å²) < 4.78 is 17.9. The van der Waals surface area contributed by atoms with E-state index in [1.54, 1.807) is 24.3 Å². The van der Waals surface area contributed by atoms with Gasteiger partial charge in [-0.25, -0.2) is 4.98 Å². The normalized spacial score (nSPS) is 14.8. The fraction of sp³-hybridized carbons (Fsp3) is 0.276. The molecule has 0 fully saturated rings. The number of ether oxygens (including phenoxy) is 2. The van der Waals surface area contributed by atoms with Gasteiger partial charge in [0.2, 0.25) is 5.76 Å². The number of aromatic nitrogens is 1. The number of anilines is 1. The van der Waals surface area contributed by atoms with E-state index in [1.165, 1.54) is 11.1 Å². The van der Waals surface area contributed by atoms with Crippen LogP contribution in [0.2, 0.25) is 5.02 Å². The van der Waals surface area contributed by atoms with Crippen molar-refractivity contribution in [1.29, 1.82) is 0 Å². The standard InChI is InChI=1S/C29H27ClN2O5/c1-4-6-13-36-22-11-8-18(15-23(22)35-5-2)26-25-27(33)20-14-17(3)7-10-21(20)37-28(25)29(34)32(26)24-12-9-19(30)16-31-24/h7-12,14-16,26H,4-6,13H2,1-3H3. The number of carbonyl (C=O) groups excluding carboxylic acids is 1. The highest BCUT2D eigenvalue weighted by Crippen LogP contribution is 2.43. The molecule has 0 aliphatic carbocycles. The molecule has 4 aromatic rings. The first-order chi connectivity index (χ1) is 17.9. The van der Waals surface area contributed by atoms with Crippen molar-refractivity contribution in [1.82, 2.24) is 4.98 Å². The zero-order valence-corrected chi connectivity index (χ0v) is 21.7. The lowest BCUT2D eigenvalue weighted by Gasteiger charge is -2.25. The molecule has 2 aromatic heterocycles. The summed E-state index contributed by atoms with van der Waals surface area (Å²) in [5, 5.41) is 0.860. The number of fused-ring (bicyclic) bond motifs is 2. The van der Waals surface area contributed by atoms with Gasteiger partial charge in [-0.3, -0.25) is 14.5 Å². The van der Waals surface area contributed by atoms with Crippen LogP contribution in [0.4, 0.5) is 5.82 Å². The molecule has 0 radical (unpaired) electrons. The molecule has 37 heavy (non-hydrogen) atoms. The fourth-order valence-electron chi connectivity index (χ4n) is 4.56. The van der Waals surface area contributed by atoms with Gasteiger partial charge in [0.05, 0.1) is 35.2 Å². The van der Waals surface area contributed by atoms with Crippen LogP contribution in [0.1, 0.15) is 60.0 Å². The minimum Gasteiger partial charge on any atom is -0.490 e. The number of rotatable bonds is 8. The van der Waals surface area contributed by atoms with Crippen molar-refractivity contribution in [3.8, 4) is 11.5 Å². The van der Waals surface area contributed by atoms with E-state index in [2.05, 4.69) is 11.9 Å². The molecule has 190 valence electrons. The van der Waals surface area contributed by atoms with Crippen LogP contribution < -0.4 is 19.8 Å². The molecule has 3 heterocycles. The smallest absolute Gasteiger partial charge is 0.296 e. The van der Waals surface area contributed by atoms with Crippen molar-refractivity contribution < 1.29 is 18.7 Å². The number of halogens is 1. The first-order valence-electron chi connectivity index (χ1n) is 12.3. The average molecular weight is 519 g/mol. The van der Waals surface area contributed by atoms with E-state index in [4.69, 9.17) is 25.5 Å². The van der Waals surface area contributed by atoms with Crippen LogP contribution in [0.5, 0.6) is 11.5 Å². The lowest BCUT2D eigenvalue weighted by molar-refractivity contribution is 0.0970. The summed E-state index contributed by atoms with van der Waals surface area (Å²) in [5.41, 5.74) is 1.97.